The molecule has 4 aliphatic carbocycles. The normalized spacial score (nSPS) is 23.4. The first-order valence-electron chi connectivity index (χ1n) is 25.3. The van der Waals surface area contributed by atoms with E-state index >= 15 is 0 Å². The Hall–Kier alpha value is -9.62. The summed E-state index contributed by atoms with van der Waals surface area (Å²) in [5, 5.41) is 124. The Labute approximate surface area is 383 Å². The molecule has 5 nitrogen and oxygen atoms in total. The van der Waals surface area contributed by atoms with Crippen molar-refractivity contribution in [1.82, 2.24) is 0 Å². The van der Waals surface area contributed by atoms with Crippen LogP contribution in [0.1, 0.15) is 22.3 Å². The van der Waals surface area contributed by atoms with E-state index in [0.29, 0.717) is 0 Å². The van der Waals surface area contributed by atoms with E-state index in [1.54, 1.807) is 0 Å². The van der Waals surface area contributed by atoms with E-state index in [2.05, 4.69) is 24.3 Å². The van der Waals surface area contributed by atoms with E-state index in [-0.39, 0.29) is 0 Å². The van der Waals surface area contributed by atoms with E-state index in [0.717, 1.165) is 22.3 Å². The minimum absolute atomic E-state index is 1.02. The van der Waals surface area contributed by atoms with Gasteiger partial charge >= 0.3 is 0 Å². The molecule has 290 valence electrons. The Balaban J connectivity index is 1.24. The van der Waals surface area contributed by atoms with Gasteiger partial charge < -0.3 is 4.74 Å². The van der Waals surface area contributed by atoms with E-state index in [9.17, 15) is 21.0 Å². The van der Waals surface area contributed by atoms with Crippen LogP contribution in [0.25, 0.3) is 291 Å². The van der Waals surface area contributed by atoms with Gasteiger partial charge in [0, 0.05) is 0 Å². The van der Waals surface area contributed by atoms with Crippen molar-refractivity contribution in [3.05, 3.63) is 22.3 Å². The lowest BCUT2D eigenvalue weighted by molar-refractivity contribution is 0.00381. The van der Waals surface area contributed by atoms with Gasteiger partial charge in [-0.25, -0.2) is 0 Å². The van der Waals surface area contributed by atoms with Crippen molar-refractivity contribution in [2.75, 3.05) is 0 Å². The average Bonchev–Trinajstić information content (AvgIpc) is 4.38. The molecule has 28 aromatic carbocycles. The highest BCUT2D eigenvalue weighted by Gasteiger charge is 2.89. The summed E-state index contributed by atoms with van der Waals surface area (Å²) in [5.41, 5.74) is -3.49. The molecule has 28 aromatic rings. The molecule has 0 unspecified atom stereocenters. The van der Waals surface area contributed by atoms with Crippen molar-refractivity contribution in [3.63, 3.8) is 0 Å². The maximum atomic E-state index is 12.5. The van der Waals surface area contributed by atoms with Crippen LogP contribution in [0, 0.1) is 45.3 Å². The molecular formula is C66N4O. The summed E-state index contributed by atoms with van der Waals surface area (Å²) >= 11 is 0. The maximum absolute atomic E-state index is 12.5. The monoisotopic (exact) mass is 864 g/mol. The number of rotatable bonds is 0. The van der Waals surface area contributed by atoms with Crippen molar-refractivity contribution in [3.8, 4) is 24.3 Å². The molecule has 5 heteroatoms. The number of benzene rings is 18. The fraction of sp³-hybridized carbons (Fsp3) is 0.0606. The van der Waals surface area contributed by atoms with Crippen LogP contribution in [0.5, 0.6) is 0 Å². The summed E-state index contributed by atoms with van der Waals surface area (Å²) in [6, 6.07) is 10.8. The van der Waals surface area contributed by atoms with Crippen LogP contribution in [0.3, 0.4) is 0 Å². The third kappa shape index (κ3) is 1.29. The lowest BCUT2D eigenvalue weighted by Gasteiger charge is -2.52. The van der Waals surface area contributed by atoms with Crippen molar-refractivity contribution < 1.29 is 4.74 Å². The highest BCUT2D eigenvalue weighted by Crippen LogP contribution is 2.88. The second-order valence-electron chi connectivity index (χ2n) is 25.2. The molecule has 2 spiro atoms. The number of hydrogen-bond donors (Lipinski definition) is 0. The van der Waals surface area contributed by atoms with E-state index in [4.69, 9.17) is 4.74 Å². The maximum Gasteiger partial charge on any atom is 0.258 e. The van der Waals surface area contributed by atoms with Crippen LogP contribution in [0.4, 0.5) is 0 Å². The van der Waals surface area contributed by atoms with Crippen molar-refractivity contribution in [2.24, 2.45) is 0 Å². The highest BCUT2D eigenvalue weighted by molar-refractivity contribution is 6.82. The molecule has 1 saturated heterocycles. The zero-order valence-electron chi connectivity index (χ0n) is 35.2. The molecule has 5 aliphatic rings. The summed E-state index contributed by atoms with van der Waals surface area (Å²) in [6.45, 7) is 0. The molecule has 0 saturated carbocycles. The Kier molecular flexibility index (Phi) is 2.10. The predicted octanol–water partition coefficient (Wildman–Crippen LogP) is 15.9. The van der Waals surface area contributed by atoms with E-state index in [1.807, 2.05) is 0 Å². The molecule has 0 bridgehead atoms. The minimum Gasteiger partial charge on any atom is -0.310 e. The van der Waals surface area contributed by atoms with Crippen LogP contribution >= 0.6 is 0 Å². The van der Waals surface area contributed by atoms with Crippen molar-refractivity contribution >= 4 is 291 Å². The van der Waals surface area contributed by atoms with Gasteiger partial charge in [0.1, 0.15) is 24.3 Å². The van der Waals surface area contributed by atoms with Gasteiger partial charge in [-0.15, -0.1) is 0 Å². The van der Waals surface area contributed by atoms with Crippen molar-refractivity contribution in [1.29, 1.82) is 21.0 Å². The summed E-state index contributed by atoms with van der Waals surface area (Å²) in [7, 11) is 0. The number of nitrogens with zero attached hydrogens (tertiary/aromatic N) is 4. The SMILES string of the molecule is N#CC1(C#N)OC(C#N)(C#N)C23c4c5c6c7c8c9c(c%10c%11c2c2c4c4c%12c5c5c6c6c8c8c%13c9c9c%10c%10c%11c%11c2c2c4c4c%12c%12c5c5c6c8c6c8c%13c9c9c%10c%10c%11c2c2c4c4c%12c5c6c5c8c9c%10c2c45)C713. The van der Waals surface area contributed by atoms with Gasteiger partial charge in [0.05, 0.1) is 10.8 Å². The third-order valence-corrected chi connectivity index (χ3v) is 25.3. The number of hydrogen-bond acceptors (Lipinski definition) is 5. The summed E-state index contributed by atoms with van der Waals surface area (Å²) in [6.07, 6.45) is 0. The molecule has 0 aromatic heterocycles. The third-order valence-electron chi connectivity index (χ3n) is 25.3. The zero-order chi connectivity index (χ0) is 43.0. The van der Waals surface area contributed by atoms with Crippen LogP contribution in [-0.2, 0) is 15.6 Å². The Morgan fingerprint density at radius 2 is 0.268 bits per heavy atom. The van der Waals surface area contributed by atoms with Crippen molar-refractivity contribution in [2.45, 2.75) is 22.0 Å². The summed E-state index contributed by atoms with van der Waals surface area (Å²) in [5.74, 6) is 0. The molecule has 1 heterocycles. The number of nitriles is 4. The standard InChI is InChI=1S/C66N4O/c67-1-63(2-68)65-59-51-43-33-23-15-7-5-6-9-13-11(7)19-27-21(13)31-25-17(9)18-10(6)14-12-8(5)16(15)24-30-20(12)28-22(14)32-26(18)36-35(25)45-39(31)49-41(27)47(37(43)29(19)23)55(59)57(49)61-53(45)54-46(36)40(32)50-42(28)48-38(30)44(34(24)33)52(51)60(65)56(48)58(50)62(54)66(61,65)64(3-69,4-70)71-63. The molecule has 0 N–H and O–H groups in total. The Morgan fingerprint density at radius 1 is 0.169 bits per heavy atom. The van der Waals surface area contributed by atoms with Gasteiger partial charge in [0.15, 0.2) is 0 Å². The second kappa shape index (κ2) is 5.69. The molecule has 1 fully saturated rings. The Morgan fingerprint density at radius 3 is 0.366 bits per heavy atom. The fourth-order valence-electron chi connectivity index (χ4n) is 25.3. The molecule has 1 aliphatic heterocycles. The van der Waals surface area contributed by atoms with Crippen LogP contribution in [0.15, 0.2) is 0 Å². The predicted molar refractivity (Wildman–Crippen MR) is 283 cm³/mol. The lowest BCUT2D eigenvalue weighted by Crippen LogP contribution is -2.62. The zero-order valence-corrected chi connectivity index (χ0v) is 35.2. The summed E-state index contributed by atoms with van der Waals surface area (Å²) in [4.78, 5) is 0. The van der Waals surface area contributed by atoms with Crippen LogP contribution < -0.4 is 0 Å². The summed E-state index contributed by atoms with van der Waals surface area (Å²) < 4.78 is 7.42. The molecular weight excluding hydrogens is 865 g/mol. The van der Waals surface area contributed by atoms with Gasteiger partial charge in [0.2, 0.25) is 0 Å². The van der Waals surface area contributed by atoms with Gasteiger partial charge in [-0.05, 0) is 313 Å². The Bertz CT molecular complexity index is 6960. The molecule has 33 rings (SSSR count). The van der Waals surface area contributed by atoms with Crippen LogP contribution in [0.2, 0.25) is 0 Å². The largest absolute Gasteiger partial charge is 0.310 e. The molecule has 0 amide bonds. The molecule has 71 heavy (non-hydrogen) atoms. The minimum atomic E-state index is -2.23. The van der Waals surface area contributed by atoms with E-state index in [1.165, 1.54) is 291 Å². The highest BCUT2D eigenvalue weighted by atomic mass is 16.5. The second-order valence-corrected chi connectivity index (χ2v) is 25.2. The van der Waals surface area contributed by atoms with Gasteiger partial charge in [-0.3, -0.25) is 0 Å². The smallest absolute Gasteiger partial charge is 0.258 e. The lowest BCUT2D eigenvalue weighted by atomic mass is 9.42. The molecule has 0 radical (unpaired) electrons. The topological polar surface area (TPSA) is 104 Å². The first kappa shape index (κ1) is 26.2. The molecule has 0 atom stereocenters. The first-order valence-corrected chi connectivity index (χ1v) is 25.3. The van der Waals surface area contributed by atoms with Gasteiger partial charge in [-0.1, -0.05) is 0 Å². The van der Waals surface area contributed by atoms with Gasteiger partial charge in [0.25, 0.3) is 11.2 Å². The first-order chi connectivity index (χ1) is 35.2. The average molecular weight is 865 g/mol. The quantitative estimate of drug-likeness (QED) is 0.141. The fourth-order valence-corrected chi connectivity index (χ4v) is 25.3. The van der Waals surface area contributed by atoms with Gasteiger partial charge in [-0.2, -0.15) is 21.0 Å². The van der Waals surface area contributed by atoms with E-state index < -0.39 is 22.0 Å². The number of ether oxygens (including phenoxy) is 1. The van der Waals surface area contributed by atoms with Crippen LogP contribution in [-0.4, -0.2) is 11.2 Å².